The number of fused-ring (bicyclic) bond motifs is 1. The first-order valence-corrected chi connectivity index (χ1v) is 11.5. The second kappa shape index (κ2) is 10.6. The minimum Gasteiger partial charge on any atom is -0.322 e. The summed E-state index contributed by atoms with van der Waals surface area (Å²) in [6, 6.07) is 16.3. The molecule has 0 saturated carbocycles. The van der Waals surface area contributed by atoms with E-state index in [1.165, 1.54) is 53.1 Å². The molecule has 3 aromatic carbocycles. The van der Waals surface area contributed by atoms with Crippen molar-refractivity contribution >= 4 is 28.1 Å². The number of allylic oxidation sites excluding steroid dienone is 2. The molecular weight excluding hydrogens is 522 g/mol. The lowest BCUT2D eigenvalue weighted by Crippen LogP contribution is -2.16. The molecule has 200 valence electrons. The Kier molecular flexibility index (Phi) is 7.49. The maximum absolute atomic E-state index is 13.0. The minimum atomic E-state index is -4.55. The van der Waals surface area contributed by atoms with Gasteiger partial charge in [-0.1, -0.05) is 42.5 Å². The molecule has 4 aromatic rings. The topological polar surface area (TPSA) is 51.1 Å². The van der Waals surface area contributed by atoms with Gasteiger partial charge in [-0.05, 0) is 59.2 Å². The van der Waals surface area contributed by atoms with Crippen LogP contribution in [-0.4, -0.2) is 10.5 Å². The van der Waals surface area contributed by atoms with Crippen LogP contribution in [0, 0.1) is 0 Å². The molecule has 1 N–H and O–H groups in total. The Hall–Kier alpha value is -4.60. The zero-order chi connectivity index (χ0) is 28.4. The lowest BCUT2D eigenvalue weighted by Gasteiger charge is -2.12. The van der Waals surface area contributed by atoms with E-state index in [2.05, 4.69) is 5.32 Å². The molecule has 0 fully saturated rings. The van der Waals surface area contributed by atoms with Gasteiger partial charge in [-0.15, -0.1) is 0 Å². The number of carbonyl (C=O) groups excluding carboxylic acids is 1. The van der Waals surface area contributed by atoms with Crippen LogP contribution in [0.25, 0.3) is 16.5 Å². The number of rotatable bonds is 5. The summed E-state index contributed by atoms with van der Waals surface area (Å²) < 4.78 is 79.5. The molecule has 0 saturated heterocycles. The predicted molar refractivity (Wildman–Crippen MR) is 137 cm³/mol. The van der Waals surface area contributed by atoms with Gasteiger partial charge in [0.15, 0.2) is 0 Å². The van der Waals surface area contributed by atoms with Crippen LogP contribution in [0.2, 0.25) is 0 Å². The third kappa shape index (κ3) is 6.28. The molecule has 4 nitrogen and oxygen atoms in total. The summed E-state index contributed by atoms with van der Waals surface area (Å²) in [5, 5.41) is 3.34. The van der Waals surface area contributed by atoms with Gasteiger partial charge in [0.1, 0.15) is 0 Å². The number of nitrogens with one attached hydrogen (secondary N) is 1. The predicted octanol–water partition coefficient (Wildman–Crippen LogP) is 7.20. The number of anilines is 1. The van der Waals surface area contributed by atoms with E-state index < -0.39 is 29.4 Å². The highest BCUT2D eigenvalue weighted by Crippen LogP contribution is 2.33. The standard InChI is InChI=1S/C29H20F6N2O2/c1-37-25-6-3-5-24(23(25)16-17-27(37)39)36-26(38)7-2-4-22(18-8-12-20(13-9-18)28(30,31)32)19-10-14-21(15-11-19)29(33,34)35/h2-17H,1H3,(H,36,38). The van der Waals surface area contributed by atoms with Crippen LogP contribution in [0.3, 0.4) is 0 Å². The number of halogens is 6. The van der Waals surface area contributed by atoms with Gasteiger partial charge in [0.25, 0.3) is 5.56 Å². The molecule has 0 bridgehead atoms. The summed E-state index contributed by atoms with van der Waals surface area (Å²) in [6.07, 6.45) is -5.15. The quantitative estimate of drug-likeness (QED) is 0.165. The number of nitrogens with zero attached hydrogens (tertiary/aromatic N) is 1. The summed E-state index contributed by atoms with van der Waals surface area (Å²) in [6.45, 7) is 0. The summed E-state index contributed by atoms with van der Waals surface area (Å²) in [4.78, 5) is 24.5. The van der Waals surface area contributed by atoms with Gasteiger partial charge in [-0.25, -0.2) is 0 Å². The lowest BCUT2D eigenvalue weighted by molar-refractivity contribution is -0.138. The first kappa shape index (κ1) is 27.4. The summed E-state index contributed by atoms with van der Waals surface area (Å²) >= 11 is 0. The average Bonchev–Trinajstić information content (AvgIpc) is 2.88. The molecule has 0 radical (unpaired) electrons. The van der Waals surface area contributed by atoms with Gasteiger partial charge in [0.05, 0.1) is 22.3 Å². The SMILES string of the molecule is Cn1c(=O)ccc2c(NC(=O)C=CC=C(c3ccc(C(F)(F)F)cc3)c3ccc(C(F)(F)F)cc3)cccc21. The lowest BCUT2D eigenvalue weighted by atomic mass is 9.95. The molecule has 4 rings (SSSR count). The zero-order valence-electron chi connectivity index (χ0n) is 20.3. The van der Waals surface area contributed by atoms with Crippen LogP contribution >= 0.6 is 0 Å². The Bertz CT molecular complexity index is 1570. The summed E-state index contributed by atoms with van der Waals surface area (Å²) in [5.41, 5.74) is 0.0202. The number of aryl methyl sites for hydroxylation is 1. The molecule has 0 aliphatic carbocycles. The Morgan fingerprint density at radius 1 is 0.769 bits per heavy atom. The fourth-order valence-electron chi connectivity index (χ4n) is 3.96. The maximum Gasteiger partial charge on any atom is 0.416 e. The Balaban J connectivity index is 1.65. The van der Waals surface area contributed by atoms with Crippen molar-refractivity contribution in [3.63, 3.8) is 0 Å². The van der Waals surface area contributed by atoms with Gasteiger partial charge in [-0.3, -0.25) is 9.59 Å². The zero-order valence-corrected chi connectivity index (χ0v) is 20.3. The maximum atomic E-state index is 13.0. The van der Waals surface area contributed by atoms with Crippen LogP contribution in [-0.2, 0) is 24.2 Å². The van der Waals surface area contributed by atoms with E-state index in [9.17, 15) is 35.9 Å². The van der Waals surface area contributed by atoms with Gasteiger partial charge < -0.3 is 9.88 Å². The molecule has 39 heavy (non-hydrogen) atoms. The third-order valence-corrected chi connectivity index (χ3v) is 5.98. The number of pyridine rings is 1. The number of hydrogen-bond donors (Lipinski definition) is 1. The van der Waals surface area contributed by atoms with E-state index in [1.807, 2.05) is 0 Å². The third-order valence-electron chi connectivity index (χ3n) is 5.98. The monoisotopic (exact) mass is 542 g/mol. The van der Waals surface area contributed by atoms with E-state index in [4.69, 9.17) is 0 Å². The Labute approximate surface area is 218 Å². The normalized spacial score (nSPS) is 12.1. The fraction of sp³-hybridized carbons (Fsp3) is 0.103. The molecule has 1 amide bonds. The van der Waals surface area contributed by atoms with Crippen molar-refractivity contribution in [2.45, 2.75) is 12.4 Å². The van der Waals surface area contributed by atoms with Crippen molar-refractivity contribution in [2.75, 3.05) is 5.32 Å². The second-order valence-corrected chi connectivity index (χ2v) is 8.55. The number of hydrogen-bond acceptors (Lipinski definition) is 2. The highest BCUT2D eigenvalue weighted by Gasteiger charge is 2.31. The molecule has 10 heteroatoms. The van der Waals surface area contributed by atoms with E-state index in [0.29, 0.717) is 33.3 Å². The van der Waals surface area contributed by atoms with Gasteiger partial charge in [0, 0.05) is 24.6 Å². The van der Waals surface area contributed by atoms with Crippen molar-refractivity contribution in [1.29, 1.82) is 0 Å². The highest BCUT2D eigenvalue weighted by atomic mass is 19.4. The van der Waals surface area contributed by atoms with Crippen LogP contribution in [0.1, 0.15) is 22.3 Å². The van der Waals surface area contributed by atoms with E-state index in [1.54, 1.807) is 31.3 Å². The molecule has 1 heterocycles. The van der Waals surface area contributed by atoms with Crippen LogP contribution in [0.15, 0.2) is 102 Å². The number of alkyl halides is 6. The summed E-state index contributed by atoms with van der Waals surface area (Å²) in [5.74, 6) is -0.535. The Morgan fingerprint density at radius 2 is 1.31 bits per heavy atom. The largest absolute Gasteiger partial charge is 0.416 e. The molecule has 0 unspecified atom stereocenters. The van der Waals surface area contributed by atoms with Crippen LogP contribution < -0.4 is 10.9 Å². The fourth-order valence-corrected chi connectivity index (χ4v) is 3.96. The van der Waals surface area contributed by atoms with Crippen molar-refractivity contribution < 1.29 is 31.1 Å². The van der Waals surface area contributed by atoms with Crippen LogP contribution in [0.4, 0.5) is 32.0 Å². The first-order valence-electron chi connectivity index (χ1n) is 11.5. The van der Waals surface area contributed by atoms with E-state index in [-0.39, 0.29) is 5.56 Å². The number of aromatic nitrogens is 1. The van der Waals surface area contributed by atoms with Gasteiger partial charge in [0.2, 0.25) is 5.91 Å². The van der Waals surface area contributed by atoms with Crippen molar-refractivity contribution in [3.05, 3.63) is 130 Å². The molecule has 0 aliphatic heterocycles. The van der Waals surface area contributed by atoms with Gasteiger partial charge >= 0.3 is 12.4 Å². The number of benzene rings is 3. The number of amides is 1. The second-order valence-electron chi connectivity index (χ2n) is 8.55. The highest BCUT2D eigenvalue weighted by molar-refractivity contribution is 6.05. The Morgan fingerprint density at radius 3 is 1.82 bits per heavy atom. The van der Waals surface area contributed by atoms with Gasteiger partial charge in [-0.2, -0.15) is 26.3 Å². The average molecular weight is 542 g/mol. The van der Waals surface area contributed by atoms with Crippen molar-refractivity contribution in [1.82, 2.24) is 4.57 Å². The molecule has 0 atom stereocenters. The van der Waals surface area contributed by atoms with E-state index in [0.717, 1.165) is 24.3 Å². The number of carbonyl (C=O) groups is 1. The summed E-state index contributed by atoms with van der Waals surface area (Å²) in [7, 11) is 1.60. The molecule has 0 aliphatic rings. The van der Waals surface area contributed by atoms with Crippen molar-refractivity contribution in [3.8, 4) is 0 Å². The first-order chi connectivity index (χ1) is 18.3. The van der Waals surface area contributed by atoms with Crippen molar-refractivity contribution in [2.24, 2.45) is 7.05 Å². The molecule has 1 aromatic heterocycles. The minimum absolute atomic E-state index is 0.213. The molecule has 0 spiro atoms. The van der Waals surface area contributed by atoms with Crippen LogP contribution in [0.5, 0.6) is 0 Å². The molecular formula is C29H20F6N2O2. The smallest absolute Gasteiger partial charge is 0.322 e. The van der Waals surface area contributed by atoms with E-state index >= 15 is 0 Å².